The second-order valence-corrected chi connectivity index (χ2v) is 10.1. The SMILES string of the molecule is O=C(OCC(=O)N(Cc1ccccc1)Cc1ccccc1)c1ccc(NS(=O)(=O)c2ccc(F)cc2)cc1. The van der Waals surface area contributed by atoms with Crippen LogP contribution in [0.5, 0.6) is 0 Å². The maximum atomic E-state index is 13.1. The minimum Gasteiger partial charge on any atom is -0.452 e. The Bertz CT molecular complexity index is 1440. The van der Waals surface area contributed by atoms with E-state index in [4.69, 9.17) is 4.74 Å². The Morgan fingerprint density at radius 3 is 1.79 bits per heavy atom. The topological polar surface area (TPSA) is 92.8 Å². The summed E-state index contributed by atoms with van der Waals surface area (Å²) in [4.78, 5) is 27.1. The van der Waals surface area contributed by atoms with Gasteiger partial charge in [-0.05, 0) is 59.7 Å². The zero-order valence-electron chi connectivity index (χ0n) is 20.3. The number of nitrogens with zero attached hydrogens (tertiary/aromatic N) is 1. The third-order valence-corrected chi connectivity index (χ3v) is 7.01. The molecule has 0 spiro atoms. The van der Waals surface area contributed by atoms with Gasteiger partial charge < -0.3 is 9.64 Å². The van der Waals surface area contributed by atoms with E-state index in [1.165, 1.54) is 24.3 Å². The van der Waals surface area contributed by atoms with E-state index in [2.05, 4.69) is 4.72 Å². The molecule has 0 aromatic heterocycles. The Kier molecular flexibility index (Phi) is 8.50. The highest BCUT2D eigenvalue weighted by Crippen LogP contribution is 2.18. The number of sulfonamides is 1. The van der Waals surface area contributed by atoms with Gasteiger partial charge in [0.25, 0.3) is 15.9 Å². The van der Waals surface area contributed by atoms with E-state index < -0.39 is 28.4 Å². The maximum Gasteiger partial charge on any atom is 0.338 e. The van der Waals surface area contributed by atoms with Gasteiger partial charge in [0.15, 0.2) is 6.61 Å². The molecule has 0 aliphatic carbocycles. The average Bonchev–Trinajstić information content (AvgIpc) is 2.93. The lowest BCUT2D eigenvalue weighted by atomic mass is 10.1. The highest BCUT2D eigenvalue weighted by Gasteiger charge is 2.18. The number of hydrogen-bond acceptors (Lipinski definition) is 5. The van der Waals surface area contributed by atoms with Crippen LogP contribution in [0.4, 0.5) is 10.1 Å². The predicted molar refractivity (Wildman–Crippen MR) is 141 cm³/mol. The molecule has 0 bridgehead atoms. The standard InChI is InChI=1S/C29H25FN2O5S/c30-25-13-17-27(18-14-25)38(35,36)31-26-15-11-24(12-16-26)29(34)37-21-28(33)32(19-22-7-3-1-4-8-22)20-23-9-5-2-6-10-23/h1-18,31H,19-21H2. The van der Waals surface area contributed by atoms with Crippen LogP contribution in [0.15, 0.2) is 114 Å². The van der Waals surface area contributed by atoms with E-state index in [1.807, 2.05) is 60.7 Å². The van der Waals surface area contributed by atoms with Gasteiger partial charge in [0.05, 0.1) is 10.5 Å². The Morgan fingerprint density at radius 1 is 0.737 bits per heavy atom. The number of nitrogens with one attached hydrogen (secondary N) is 1. The molecule has 4 aromatic rings. The quantitative estimate of drug-likeness (QED) is 0.290. The molecule has 0 saturated heterocycles. The first-order valence-corrected chi connectivity index (χ1v) is 13.2. The number of carbonyl (C=O) groups excluding carboxylic acids is 2. The van der Waals surface area contributed by atoms with Crippen molar-refractivity contribution < 1.29 is 27.1 Å². The molecular formula is C29H25FN2O5S. The molecule has 4 rings (SSSR count). The van der Waals surface area contributed by atoms with Gasteiger partial charge in [-0.3, -0.25) is 9.52 Å². The summed E-state index contributed by atoms with van der Waals surface area (Å²) in [6, 6.07) is 29.0. The second kappa shape index (κ2) is 12.2. The smallest absolute Gasteiger partial charge is 0.338 e. The van der Waals surface area contributed by atoms with Crippen LogP contribution in [-0.2, 0) is 32.6 Å². The molecule has 38 heavy (non-hydrogen) atoms. The summed E-state index contributed by atoms with van der Waals surface area (Å²) in [5.41, 5.74) is 2.25. The summed E-state index contributed by atoms with van der Waals surface area (Å²) in [6.07, 6.45) is 0. The van der Waals surface area contributed by atoms with Crippen LogP contribution in [0, 0.1) is 5.82 Å². The average molecular weight is 533 g/mol. The summed E-state index contributed by atoms with van der Waals surface area (Å²) < 4.78 is 45.7. The number of amides is 1. The molecule has 0 saturated carbocycles. The van der Waals surface area contributed by atoms with Crippen molar-refractivity contribution in [1.82, 2.24) is 4.90 Å². The van der Waals surface area contributed by atoms with Crippen molar-refractivity contribution in [1.29, 1.82) is 0 Å². The fourth-order valence-electron chi connectivity index (χ4n) is 3.64. The first-order valence-electron chi connectivity index (χ1n) is 11.7. The van der Waals surface area contributed by atoms with Crippen LogP contribution >= 0.6 is 0 Å². The van der Waals surface area contributed by atoms with Crippen molar-refractivity contribution >= 4 is 27.6 Å². The van der Waals surface area contributed by atoms with Crippen molar-refractivity contribution in [2.45, 2.75) is 18.0 Å². The van der Waals surface area contributed by atoms with Crippen molar-refractivity contribution in [3.63, 3.8) is 0 Å². The lowest BCUT2D eigenvalue weighted by molar-refractivity contribution is -0.135. The summed E-state index contributed by atoms with van der Waals surface area (Å²) in [5.74, 6) is -1.62. The van der Waals surface area contributed by atoms with E-state index in [0.29, 0.717) is 13.1 Å². The highest BCUT2D eigenvalue weighted by molar-refractivity contribution is 7.92. The van der Waals surface area contributed by atoms with Gasteiger partial charge in [-0.1, -0.05) is 60.7 Å². The third kappa shape index (κ3) is 7.27. The van der Waals surface area contributed by atoms with Crippen LogP contribution in [0.1, 0.15) is 21.5 Å². The lowest BCUT2D eigenvalue weighted by Gasteiger charge is -2.23. The molecule has 0 aliphatic heterocycles. The Balaban J connectivity index is 1.37. The van der Waals surface area contributed by atoms with Gasteiger partial charge in [-0.15, -0.1) is 0 Å². The van der Waals surface area contributed by atoms with Gasteiger partial charge in [-0.25, -0.2) is 17.6 Å². The summed E-state index contributed by atoms with van der Waals surface area (Å²) in [5, 5.41) is 0. The Morgan fingerprint density at radius 2 is 1.26 bits per heavy atom. The number of rotatable bonds is 10. The zero-order chi connectivity index (χ0) is 27.0. The summed E-state index contributed by atoms with van der Waals surface area (Å²) in [6.45, 7) is 0.265. The largest absolute Gasteiger partial charge is 0.452 e. The number of benzene rings is 4. The summed E-state index contributed by atoms with van der Waals surface area (Å²) >= 11 is 0. The number of halogens is 1. The molecule has 9 heteroatoms. The first-order chi connectivity index (χ1) is 18.3. The molecule has 1 amide bonds. The molecule has 7 nitrogen and oxygen atoms in total. The minimum absolute atomic E-state index is 0.101. The van der Waals surface area contributed by atoms with E-state index >= 15 is 0 Å². The van der Waals surface area contributed by atoms with E-state index in [1.54, 1.807) is 4.90 Å². The van der Waals surface area contributed by atoms with E-state index in [0.717, 1.165) is 35.4 Å². The van der Waals surface area contributed by atoms with Crippen molar-refractivity contribution in [3.8, 4) is 0 Å². The van der Waals surface area contributed by atoms with Crippen molar-refractivity contribution in [3.05, 3.63) is 132 Å². The third-order valence-electron chi connectivity index (χ3n) is 5.61. The van der Waals surface area contributed by atoms with Gasteiger partial charge in [0, 0.05) is 18.8 Å². The number of hydrogen-bond donors (Lipinski definition) is 1. The minimum atomic E-state index is -3.93. The molecule has 0 fully saturated rings. The molecule has 4 aromatic carbocycles. The predicted octanol–water partition coefficient (Wildman–Crippen LogP) is 5.01. The van der Waals surface area contributed by atoms with Crippen LogP contribution in [0.3, 0.4) is 0 Å². The van der Waals surface area contributed by atoms with Gasteiger partial charge in [-0.2, -0.15) is 0 Å². The highest BCUT2D eigenvalue weighted by atomic mass is 32.2. The molecule has 1 N–H and O–H groups in total. The summed E-state index contributed by atoms with van der Waals surface area (Å²) in [7, 11) is -3.93. The Hall–Kier alpha value is -4.50. The number of carbonyl (C=O) groups is 2. The van der Waals surface area contributed by atoms with Gasteiger partial charge >= 0.3 is 5.97 Å². The molecule has 194 valence electrons. The van der Waals surface area contributed by atoms with Crippen LogP contribution in [0.25, 0.3) is 0 Å². The zero-order valence-corrected chi connectivity index (χ0v) is 21.1. The first kappa shape index (κ1) is 26.6. The number of ether oxygens (including phenoxy) is 1. The monoisotopic (exact) mass is 532 g/mol. The molecule has 0 atom stereocenters. The molecular weight excluding hydrogens is 507 g/mol. The molecule has 0 unspecified atom stereocenters. The molecule has 0 heterocycles. The van der Waals surface area contributed by atoms with E-state index in [-0.39, 0.29) is 22.1 Å². The van der Waals surface area contributed by atoms with Crippen molar-refractivity contribution in [2.75, 3.05) is 11.3 Å². The maximum absolute atomic E-state index is 13.1. The number of anilines is 1. The molecule has 0 aliphatic rings. The normalized spacial score (nSPS) is 11.0. The van der Waals surface area contributed by atoms with E-state index in [9.17, 15) is 22.4 Å². The fraction of sp³-hybridized carbons (Fsp3) is 0.103. The van der Waals surface area contributed by atoms with Gasteiger partial charge in [0.1, 0.15) is 5.82 Å². The Labute approximate surface area is 220 Å². The fourth-order valence-corrected chi connectivity index (χ4v) is 4.70. The van der Waals surface area contributed by atoms with Gasteiger partial charge in [0.2, 0.25) is 0 Å². The van der Waals surface area contributed by atoms with Crippen LogP contribution in [-0.4, -0.2) is 31.8 Å². The second-order valence-electron chi connectivity index (χ2n) is 8.43. The lowest BCUT2D eigenvalue weighted by Crippen LogP contribution is -2.33. The molecule has 0 radical (unpaired) electrons. The van der Waals surface area contributed by atoms with Crippen LogP contribution < -0.4 is 4.72 Å². The number of esters is 1. The van der Waals surface area contributed by atoms with Crippen molar-refractivity contribution in [2.24, 2.45) is 0 Å². The van der Waals surface area contributed by atoms with Crippen LogP contribution in [0.2, 0.25) is 0 Å².